The number of aromatic nitrogens is 1. The number of rotatable bonds is 2. The van der Waals surface area contributed by atoms with Crippen LogP contribution in [0.15, 0.2) is 12.3 Å². The highest BCUT2D eigenvalue weighted by Gasteiger charge is 2.14. The topological polar surface area (TPSA) is 12.9 Å². The Bertz CT molecular complexity index is 278. The largest absolute Gasteiger partial charge is 0.261 e. The molecule has 1 aliphatic rings. The van der Waals surface area contributed by atoms with E-state index in [0.717, 1.165) is 6.42 Å². The van der Waals surface area contributed by atoms with Gasteiger partial charge in [-0.05, 0) is 42.9 Å². The first-order chi connectivity index (χ1) is 5.92. The van der Waals surface area contributed by atoms with Gasteiger partial charge < -0.3 is 0 Å². The Labute approximate surface area is 73.8 Å². The van der Waals surface area contributed by atoms with E-state index < -0.39 is 0 Å². The van der Waals surface area contributed by atoms with Crippen LogP contribution in [0.4, 0.5) is 0 Å². The lowest BCUT2D eigenvalue weighted by Gasteiger charge is -2.04. The third kappa shape index (κ3) is 1.24. The molecule has 2 rings (SSSR count). The first kappa shape index (κ1) is 7.78. The summed E-state index contributed by atoms with van der Waals surface area (Å²) in [5, 5.41) is 0. The lowest BCUT2D eigenvalue weighted by Crippen LogP contribution is -1.96. The van der Waals surface area contributed by atoms with Gasteiger partial charge in [-0.2, -0.15) is 0 Å². The van der Waals surface area contributed by atoms with E-state index in [2.05, 4.69) is 18.0 Å². The van der Waals surface area contributed by atoms with Gasteiger partial charge in [0.25, 0.3) is 0 Å². The maximum Gasteiger partial charge on any atom is 0.0438 e. The summed E-state index contributed by atoms with van der Waals surface area (Å²) in [5.41, 5.74) is 4.46. The fourth-order valence-corrected chi connectivity index (χ4v) is 2.03. The third-order valence-corrected chi connectivity index (χ3v) is 2.60. The summed E-state index contributed by atoms with van der Waals surface area (Å²) in [7, 11) is 0. The lowest BCUT2D eigenvalue weighted by molar-refractivity contribution is 0.851. The molecule has 1 aliphatic carbocycles. The molecule has 1 heteroatoms. The number of hydrogen-bond acceptors (Lipinski definition) is 1. The van der Waals surface area contributed by atoms with E-state index in [1.165, 1.54) is 31.4 Å². The van der Waals surface area contributed by atoms with Crippen LogP contribution in [0.5, 0.6) is 0 Å². The van der Waals surface area contributed by atoms with Crippen LogP contribution in [-0.2, 0) is 19.3 Å². The lowest BCUT2D eigenvalue weighted by atomic mass is 10.1. The van der Waals surface area contributed by atoms with Gasteiger partial charge in [0.2, 0.25) is 0 Å². The molecule has 0 amide bonds. The van der Waals surface area contributed by atoms with E-state index in [1.54, 1.807) is 11.1 Å². The average molecular weight is 161 g/mol. The monoisotopic (exact) mass is 161 g/mol. The molecule has 64 valence electrons. The van der Waals surface area contributed by atoms with Crippen molar-refractivity contribution in [1.82, 2.24) is 4.98 Å². The van der Waals surface area contributed by atoms with Gasteiger partial charge in [-0.15, -0.1) is 0 Å². The zero-order chi connectivity index (χ0) is 8.39. The van der Waals surface area contributed by atoms with Crippen molar-refractivity contribution in [2.75, 3.05) is 0 Å². The molecule has 0 unspecified atom stereocenters. The Morgan fingerprint density at radius 2 is 2.33 bits per heavy atom. The molecule has 0 aliphatic heterocycles. The number of hydrogen-bond donors (Lipinski definition) is 0. The van der Waals surface area contributed by atoms with Crippen LogP contribution in [-0.4, -0.2) is 4.98 Å². The van der Waals surface area contributed by atoms with E-state index in [4.69, 9.17) is 0 Å². The van der Waals surface area contributed by atoms with Gasteiger partial charge in [0.15, 0.2) is 0 Å². The normalized spacial score (nSPS) is 14.8. The van der Waals surface area contributed by atoms with Crippen molar-refractivity contribution in [3.8, 4) is 0 Å². The highest BCUT2D eigenvalue weighted by atomic mass is 14.7. The first-order valence-electron chi connectivity index (χ1n) is 4.87. The van der Waals surface area contributed by atoms with Crippen LogP contribution in [0.1, 0.15) is 36.6 Å². The minimum absolute atomic E-state index is 1.16. The molecule has 0 saturated carbocycles. The Hall–Kier alpha value is -0.850. The smallest absolute Gasteiger partial charge is 0.0438 e. The Morgan fingerprint density at radius 3 is 3.17 bits per heavy atom. The van der Waals surface area contributed by atoms with Crippen molar-refractivity contribution in [2.45, 2.75) is 39.0 Å². The standard InChI is InChI=1S/C11H15N/c1-2-4-11-10-6-3-5-9(10)7-8-12-11/h7-8H,2-6H2,1H3. The number of nitrogens with zero attached hydrogens (tertiary/aromatic N) is 1. The third-order valence-electron chi connectivity index (χ3n) is 2.60. The summed E-state index contributed by atoms with van der Waals surface area (Å²) in [6, 6.07) is 2.18. The summed E-state index contributed by atoms with van der Waals surface area (Å²) >= 11 is 0. The van der Waals surface area contributed by atoms with E-state index >= 15 is 0 Å². The second-order valence-electron chi connectivity index (χ2n) is 3.50. The number of fused-ring (bicyclic) bond motifs is 1. The van der Waals surface area contributed by atoms with Crippen molar-refractivity contribution in [2.24, 2.45) is 0 Å². The maximum absolute atomic E-state index is 4.44. The van der Waals surface area contributed by atoms with Gasteiger partial charge in [0.1, 0.15) is 0 Å². The molecule has 12 heavy (non-hydrogen) atoms. The average Bonchev–Trinajstić information content (AvgIpc) is 2.53. The quantitative estimate of drug-likeness (QED) is 0.649. The molecule has 0 fully saturated rings. The molecule has 0 radical (unpaired) electrons. The number of pyridine rings is 1. The summed E-state index contributed by atoms with van der Waals surface area (Å²) < 4.78 is 0. The van der Waals surface area contributed by atoms with Crippen LogP contribution in [0.3, 0.4) is 0 Å². The van der Waals surface area contributed by atoms with Crippen LogP contribution in [0, 0.1) is 0 Å². The van der Waals surface area contributed by atoms with Crippen molar-refractivity contribution in [1.29, 1.82) is 0 Å². The second-order valence-corrected chi connectivity index (χ2v) is 3.50. The summed E-state index contributed by atoms with van der Waals surface area (Å²) in [6.07, 6.45) is 8.20. The first-order valence-corrected chi connectivity index (χ1v) is 4.87. The minimum atomic E-state index is 1.16. The fourth-order valence-electron chi connectivity index (χ4n) is 2.03. The van der Waals surface area contributed by atoms with Crippen LogP contribution in [0.2, 0.25) is 0 Å². The number of aryl methyl sites for hydroxylation is 2. The fraction of sp³-hybridized carbons (Fsp3) is 0.545. The summed E-state index contributed by atoms with van der Waals surface area (Å²) in [4.78, 5) is 4.44. The molecule has 0 spiro atoms. The second kappa shape index (κ2) is 3.26. The highest BCUT2D eigenvalue weighted by Crippen LogP contribution is 2.24. The molecule has 1 nitrogen and oxygen atoms in total. The molecule has 0 atom stereocenters. The van der Waals surface area contributed by atoms with Gasteiger partial charge in [-0.1, -0.05) is 13.3 Å². The van der Waals surface area contributed by atoms with E-state index in [0.29, 0.717) is 0 Å². The van der Waals surface area contributed by atoms with Crippen molar-refractivity contribution in [3.05, 3.63) is 29.1 Å². The molecular weight excluding hydrogens is 146 g/mol. The van der Waals surface area contributed by atoms with Gasteiger partial charge >= 0.3 is 0 Å². The molecule has 0 N–H and O–H groups in total. The maximum atomic E-state index is 4.44. The SMILES string of the molecule is CCCc1nccc2c1CCC2. The summed E-state index contributed by atoms with van der Waals surface area (Å²) in [5.74, 6) is 0. The van der Waals surface area contributed by atoms with Crippen LogP contribution >= 0.6 is 0 Å². The predicted octanol–water partition coefficient (Wildman–Crippen LogP) is 2.52. The van der Waals surface area contributed by atoms with E-state index in [-0.39, 0.29) is 0 Å². The molecule has 0 saturated heterocycles. The van der Waals surface area contributed by atoms with Gasteiger partial charge in [-0.25, -0.2) is 0 Å². The van der Waals surface area contributed by atoms with Crippen LogP contribution in [0.25, 0.3) is 0 Å². The van der Waals surface area contributed by atoms with E-state index in [1.807, 2.05) is 6.20 Å². The van der Waals surface area contributed by atoms with Gasteiger partial charge in [-0.3, -0.25) is 4.98 Å². The predicted molar refractivity (Wildman–Crippen MR) is 50.3 cm³/mol. The zero-order valence-electron chi connectivity index (χ0n) is 7.64. The van der Waals surface area contributed by atoms with Crippen molar-refractivity contribution >= 4 is 0 Å². The minimum Gasteiger partial charge on any atom is -0.261 e. The molecule has 0 bridgehead atoms. The van der Waals surface area contributed by atoms with Crippen LogP contribution < -0.4 is 0 Å². The molecule has 1 aromatic rings. The van der Waals surface area contributed by atoms with Crippen molar-refractivity contribution in [3.63, 3.8) is 0 Å². The van der Waals surface area contributed by atoms with Crippen molar-refractivity contribution < 1.29 is 0 Å². The Morgan fingerprint density at radius 1 is 1.42 bits per heavy atom. The zero-order valence-corrected chi connectivity index (χ0v) is 7.64. The Kier molecular flexibility index (Phi) is 2.11. The molecule has 1 heterocycles. The molecule has 1 aromatic heterocycles. The van der Waals surface area contributed by atoms with Gasteiger partial charge in [0, 0.05) is 11.9 Å². The molecular formula is C11H15N. The summed E-state index contributed by atoms with van der Waals surface area (Å²) in [6.45, 7) is 2.22. The molecule has 0 aromatic carbocycles. The Balaban J connectivity index is 2.36. The van der Waals surface area contributed by atoms with Gasteiger partial charge in [0.05, 0.1) is 0 Å². The van der Waals surface area contributed by atoms with E-state index in [9.17, 15) is 0 Å². The highest BCUT2D eigenvalue weighted by molar-refractivity contribution is 5.33.